The van der Waals surface area contributed by atoms with E-state index in [0.717, 1.165) is 4.83 Å². The second-order valence-electron chi connectivity index (χ2n) is 3.21. The van der Waals surface area contributed by atoms with Gasteiger partial charge in [0.05, 0.1) is 0 Å². The van der Waals surface area contributed by atoms with Crippen LogP contribution in [0.4, 0.5) is 0 Å². The van der Waals surface area contributed by atoms with Crippen molar-refractivity contribution < 1.29 is 0 Å². The average Bonchev–Trinajstić information content (AvgIpc) is 2.04. The lowest BCUT2D eigenvalue weighted by molar-refractivity contribution is 0.595. The topological polar surface area (TPSA) is 0 Å². The molecule has 1 atom stereocenters. The Labute approximate surface area is 79.9 Å². The van der Waals surface area contributed by atoms with Crippen LogP contribution in [0, 0.1) is 0 Å². The van der Waals surface area contributed by atoms with E-state index in [4.69, 9.17) is 0 Å². The van der Waals surface area contributed by atoms with E-state index in [1.54, 1.807) is 0 Å². The van der Waals surface area contributed by atoms with Crippen LogP contribution in [0.15, 0.2) is 0 Å². The lowest BCUT2D eigenvalue weighted by Gasteiger charge is -2.04. The first-order valence-corrected chi connectivity index (χ1v) is 5.86. The van der Waals surface area contributed by atoms with Gasteiger partial charge in [0.25, 0.3) is 0 Å². The Morgan fingerprint density at radius 1 is 1.00 bits per heavy atom. The maximum absolute atomic E-state index is 3.65. The van der Waals surface area contributed by atoms with E-state index in [-0.39, 0.29) is 0 Å². The molecule has 68 valence electrons. The number of alkyl halides is 1. The molecule has 0 aliphatic heterocycles. The zero-order chi connectivity index (χ0) is 8.53. The van der Waals surface area contributed by atoms with Crippen molar-refractivity contribution in [2.45, 2.75) is 63.6 Å². The quantitative estimate of drug-likeness (QED) is 0.438. The van der Waals surface area contributed by atoms with Crippen LogP contribution in [-0.2, 0) is 0 Å². The van der Waals surface area contributed by atoms with Gasteiger partial charge in [-0.15, -0.1) is 0 Å². The van der Waals surface area contributed by atoms with Gasteiger partial charge in [0.2, 0.25) is 0 Å². The van der Waals surface area contributed by atoms with E-state index in [1.807, 2.05) is 0 Å². The molecule has 0 aromatic rings. The summed E-state index contributed by atoms with van der Waals surface area (Å²) in [6, 6.07) is 0. The first kappa shape index (κ1) is 11.5. The van der Waals surface area contributed by atoms with E-state index in [2.05, 4.69) is 29.8 Å². The highest BCUT2D eigenvalue weighted by Crippen LogP contribution is 2.14. The molecule has 0 aliphatic carbocycles. The SMILES string of the molecule is CCCCCCC[C@@H](Br)CC. The second-order valence-corrected chi connectivity index (χ2v) is 4.50. The van der Waals surface area contributed by atoms with Gasteiger partial charge in [-0.2, -0.15) is 0 Å². The van der Waals surface area contributed by atoms with Gasteiger partial charge in [-0.3, -0.25) is 0 Å². The van der Waals surface area contributed by atoms with Gasteiger partial charge in [0.1, 0.15) is 0 Å². The van der Waals surface area contributed by atoms with Gasteiger partial charge < -0.3 is 0 Å². The van der Waals surface area contributed by atoms with Gasteiger partial charge in [-0.25, -0.2) is 0 Å². The van der Waals surface area contributed by atoms with Crippen LogP contribution in [0.2, 0.25) is 0 Å². The van der Waals surface area contributed by atoms with Crippen molar-refractivity contribution in [3.05, 3.63) is 0 Å². The normalized spacial score (nSPS) is 13.4. The first-order valence-electron chi connectivity index (χ1n) is 4.95. The molecule has 0 aliphatic rings. The Hall–Kier alpha value is 0.480. The summed E-state index contributed by atoms with van der Waals surface area (Å²) in [7, 11) is 0. The predicted molar refractivity (Wildman–Crippen MR) is 56.4 cm³/mol. The molecule has 11 heavy (non-hydrogen) atoms. The highest BCUT2D eigenvalue weighted by molar-refractivity contribution is 9.09. The van der Waals surface area contributed by atoms with E-state index in [0.29, 0.717) is 0 Å². The summed E-state index contributed by atoms with van der Waals surface area (Å²) in [5.74, 6) is 0. The van der Waals surface area contributed by atoms with Gasteiger partial charge in [0, 0.05) is 4.83 Å². The number of hydrogen-bond donors (Lipinski definition) is 0. The van der Waals surface area contributed by atoms with Gasteiger partial charge in [-0.05, 0) is 12.8 Å². The molecule has 0 saturated carbocycles. The van der Waals surface area contributed by atoms with Crippen molar-refractivity contribution in [3.8, 4) is 0 Å². The molecule has 0 saturated heterocycles. The fourth-order valence-electron chi connectivity index (χ4n) is 1.17. The summed E-state index contributed by atoms with van der Waals surface area (Å²) in [5.41, 5.74) is 0. The number of hydrogen-bond acceptors (Lipinski definition) is 0. The molecule has 0 unspecified atom stereocenters. The smallest absolute Gasteiger partial charge is 0.0143 e. The Morgan fingerprint density at radius 2 is 1.64 bits per heavy atom. The Morgan fingerprint density at radius 3 is 2.18 bits per heavy atom. The minimum absolute atomic E-state index is 0.768. The van der Waals surface area contributed by atoms with Gasteiger partial charge in [-0.1, -0.05) is 61.9 Å². The van der Waals surface area contributed by atoms with Crippen molar-refractivity contribution in [3.63, 3.8) is 0 Å². The Kier molecular flexibility index (Phi) is 8.95. The van der Waals surface area contributed by atoms with Crippen molar-refractivity contribution in [2.24, 2.45) is 0 Å². The second kappa shape index (κ2) is 8.58. The average molecular weight is 221 g/mol. The van der Waals surface area contributed by atoms with Crippen LogP contribution in [0.25, 0.3) is 0 Å². The molecular weight excluding hydrogens is 200 g/mol. The van der Waals surface area contributed by atoms with Crippen LogP contribution >= 0.6 is 15.9 Å². The third-order valence-electron chi connectivity index (χ3n) is 2.06. The maximum atomic E-state index is 3.65. The van der Waals surface area contributed by atoms with Gasteiger partial charge >= 0.3 is 0 Å². The molecular formula is C10H21Br. The lowest BCUT2D eigenvalue weighted by atomic mass is 10.1. The third-order valence-corrected chi connectivity index (χ3v) is 3.17. The molecule has 1 heteroatoms. The summed E-state index contributed by atoms with van der Waals surface area (Å²) in [6.45, 7) is 4.50. The van der Waals surface area contributed by atoms with Crippen LogP contribution in [0.1, 0.15) is 58.8 Å². The molecule has 0 aromatic heterocycles. The molecule has 0 N–H and O–H groups in total. The summed E-state index contributed by atoms with van der Waals surface area (Å²) in [5, 5.41) is 0. The van der Waals surface area contributed by atoms with Crippen LogP contribution < -0.4 is 0 Å². The summed E-state index contributed by atoms with van der Waals surface area (Å²) >= 11 is 3.65. The van der Waals surface area contributed by atoms with Crippen molar-refractivity contribution >= 4 is 15.9 Å². The molecule has 0 heterocycles. The van der Waals surface area contributed by atoms with E-state index in [1.165, 1.54) is 44.9 Å². The molecule has 0 aromatic carbocycles. The molecule has 0 bridgehead atoms. The molecule has 0 rings (SSSR count). The zero-order valence-corrected chi connectivity index (χ0v) is 9.49. The standard InChI is InChI=1S/C10H21Br/c1-3-5-6-7-8-9-10(11)4-2/h10H,3-9H2,1-2H3/t10-/m0/s1. The summed E-state index contributed by atoms with van der Waals surface area (Å²) in [6.07, 6.45) is 9.66. The summed E-state index contributed by atoms with van der Waals surface area (Å²) < 4.78 is 0. The Balaban J connectivity index is 2.89. The van der Waals surface area contributed by atoms with Crippen LogP contribution in [-0.4, -0.2) is 4.83 Å². The fraction of sp³-hybridized carbons (Fsp3) is 1.00. The van der Waals surface area contributed by atoms with Gasteiger partial charge in [0.15, 0.2) is 0 Å². The molecule has 0 fully saturated rings. The fourth-order valence-corrected chi connectivity index (χ4v) is 1.50. The lowest BCUT2D eigenvalue weighted by Crippen LogP contribution is -1.94. The highest BCUT2D eigenvalue weighted by Gasteiger charge is 1.98. The molecule has 0 amide bonds. The minimum Gasteiger partial charge on any atom is -0.0891 e. The van der Waals surface area contributed by atoms with E-state index >= 15 is 0 Å². The molecule has 0 nitrogen and oxygen atoms in total. The Bertz CT molecular complexity index is 71.3. The monoisotopic (exact) mass is 220 g/mol. The molecule has 0 radical (unpaired) electrons. The predicted octanol–water partition coefficient (Wildman–Crippen LogP) is 4.52. The zero-order valence-electron chi connectivity index (χ0n) is 7.91. The third kappa shape index (κ3) is 8.39. The van der Waals surface area contributed by atoms with Crippen molar-refractivity contribution in [2.75, 3.05) is 0 Å². The summed E-state index contributed by atoms with van der Waals surface area (Å²) in [4.78, 5) is 0.768. The number of rotatable bonds is 7. The maximum Gasteiger partial charge on any atom is 0.0143 e. The largest absolute Gasteiger partial charge is 0.0891 e. The first-order chi connectivity index (χ1) is 5.31. The van der Waals surface area contributed by atoms with Crippen LogP contribution in [0.5, 0.6) is 0 Å². The number of unbranched alkanes of at least 4 members (excludes halogenated alkanes) is 4. The highest BCUT2D eigenvalue weighted by atomic mass is 79.9. The van der Waals surface area contributed by atoms with E-state index in [9.17, 15) is 0 Å². The van der Waals surface area contributed by atoms with Crippen LogP contribution in [0.3, 0.4) is 0 Å². The van der Waals surface area contributed by atoms with Crippen molar-refractivity contribution in [1.82, 2.24) is 0 Å². The van der Waals surface area contributed by atoms with Crippen molar-refractivity contribution in [1.29, 1.82) is 0 Å². The molecule has 0 spiro atoms. The van der Waals surface area contributed by atoms with E-state index < -0.39 is 0 Å². The minimum atomic E-state index is 0.768. The number of halogens is 1.